The molecule has 0 radical (unpaired) electrons. The molecule has 3 heteroatoms. The second-order valence-electron chi connectivity index (χ2n) is 6.23. The topological polar surface area (TPSA) is 0 Å². The summed E-state index contributed by atoms with van der Waals surface area (Å²) in [7, 11) is -0.401. The van der Waals surface area contributed by atoms with E-state index in [1.165, 1.54) is 6.42 Å². The third-order valence-electron chi connectivity index (χ3n) is 2.36. The highest BCUT2D eigenvalue weighted by Gasteiger charge is 2.31. The molecule has 0 aliphatic heterocycles. The molecule has 0 saturated heterocycles. The van der Waals surface area contributed by atoms with Gasteiger partial charge in [0.05, 0.1) is 16.1 Å². The summed E-state index contributed by atoms with van der Waals surface area (Å²) >= 11 is 0. The molecule has 0 aromatic carbocycles. The van der Waals surface area contributed by atoms with Crippen molar-refractivity contribution >= 4 is 28.9 Å². The summed E-state index contributed by atoms with van der Waals surface area (Å²) in [5.74, 6) is 0. The molecule has 0 heterocycles. The fraction of sp³-hybridized carbons (Fsp3) is 0.909. The summed E-state index contributed by atoms with van der Waals surface area (Å²) in [6, 6.07) is 0. The largest absolute Gasteiger partial charge is 0.111 e. The third-order valence-corrected chi connectivity index (χ3v) is 15.6. The lowest BCUT2D eigenvalue weighted by Gasteiger charge is -2.31. The molecule has 0 aromatic rings. The molecule has 0 saturated carbocycles. The highest BCUT2D eigenvalue weighted by atomic mass is 31.1. The van der Waals surface area contributed by atoms with Crippen molar-refractivity contribution in [2.75, 3.05) is 0 Å². The summed E-state index contributed by atoms with van der Waals surface area (Å²) in [5.41, 5.74) is 0.864. The van der Waals surface area contributed by atoms with Crippen LogP contribution < -0.4 is 0 Å². The third kappa shape index (κ3) is 4.90. The average Bonchev–Trinajstić information content (AvgIpc) is 1.95. The Hall–Kier alpha value is 0.604. The molecule has 0 nitrogen and oxygen atoms in total. The monoisotopic (exact) mass is 246 g/mol. The average molecular weight is 246 g/mol. The van der Waals surface area contributed by atoms with Crippen LogP contribution in [-0.2, 0) is 0 Å². The van der Waals surface area contributed by atoms with Gasteiger partial charge in [0.1, 0.15) is 0 Å². The standard InChI is InChI=1S/C11H27PSi2/c1-9-10(2)12-11(13(3,4)5)14(6,7)8/h10H,9H2,1-8H3. The Morgan fingerprint density at radius 2 is 1.36 bits per heavy atom. The fourth-order valence-corrected chi connectivity index (χ4v) is 15.9. The Bertz CT molecular complexity index is 192. The van der Waals surface area contributed by atoms with Gasteiger partial charge in [0.25, 0.3) is 0 Å². The van der Waals surface area contributed by atoms with Gasteiger partial charge in [0, 0.05) is 0 Å². The van der Waals surface area contributed by atoms with E-state index in [0.717, 1.165) is 5.66 Å². The summed E-state index contributed by atoms with van der Waals surface area (Å²) < 4.78 is 1.96. The smallest absolute Gasteiger partial charge is 0.0731 e. The first-order chi connectivity index (χ1) is 6.09. The molecule has 0 amide bonds. The zero-order chi connectivity index (χ0) is 11.6. The molecular formula is C11H27PSi2. The highest BCUT2D eigenvalue weighted by Crippen LogP contribution is 2.25. The number of rotatable bonds is 4. The van der Waals surface area contributed by atoms with E-state index < -0.39 is 16.1 Å². The van der Waals surface area contributed by atoms with Crippen LogP contribution >= 0.6 is 8.20 Å². The second-order valence-corrected chi connectivity index (χ2v) is 19.2. The van der Waals surface area contributed by atoms with E-state index in [-0.39, 0.29) is 0 Å². The Morgan fingerprint density at radius 3 is 1.57 bits per heavy atom. The maximum absolute atomic E-state index is 2.51. The summed E-state index contributed by atoms with van der Waals surface area (Å²) in [5, 5.41) is 0. The van der Waals surface area contributed by atoms with Crippen molar-refractivity contribution in [1.29, 1.82) is 0 Å². The van der Waals surface area contributed by atoms with Crippen LogP contribution in [-0.4, -0.2) is 26.3 Å². The van der Waals surface area contributed by atoms with Crippen molar-refractivity contribution in [3.63, 3.8) is 0 Å². The van der Waals surface area contributed by atoms with Gasteiger partial charge in [0.2, 0.25) is 0 Å². The molecule has 0 bridgehead atoms. The lowest BCUT2D eigenvalue weighted by atomic mass is 10.4. The van der Waals surface area contributed by atoms with Gasteiger partial charge in [-0.05, 0) is 12.1 Å². The van der Waals surface area contributed by atoms with Crippen molar-refractivity contribution in [2.45, 2.75) is 65.2 Å². The molecule has 0 aliphatic rings. The van der Waals surface area contributed by atoms with Gasteiger partial charge in [-0.15, -0.1) is 8.20 Å². The Kier molecular flexibility index (Phi) is 5.31. The molecule has 0 fully saturated rings. The Balaban J connectivity index is 5.03. The van der Waals surface area contributed by atoms with Crippen LogP contribution in [0.15, 0.2) is 0 Å². The van der Waals surface area contributed by atoms with Gasteiger partial charge >= 0.3 is 0 Å². The molecule has 0 rings (SSSR count). The number of hydrogen-bond acceptors (Lipinski definition) is 0. The van der Waals surface area contributed by atoms with Crippen molar-refractivity contribution in [2.24, 2.45) is 0 Å². The molecule has 0 N–H and O–H groups in total. The Morgan fingerprint density at radius 1 is 1.00 bits per heavy atom. The van der Waals surface area contributed by atoms with E-state index in [1.807, 2.05) is 4.54 Å². The number of hydrogen-bond donors (Lipinski definition) is 0. The summed E-state index contributed by atoms with van der Waals surface area (Å²) in [4.78, 5) is 0. The predicted molar refractivity (Wildman–Crippen MR) is 78.4 cm³/mol. The van der Waals surface area contributed by atoms with E-state index >= 15 is 0 Å². The van der Waals surface area contributed by atoms with Crippen molar-refractivity contribution in [1.82, 2.24) is 0 Å². The molecular weight excluding hydrogens is 219 g/mol. The van der Waals surface area contributed by atoms with Gasteiger partial charge in [0.15, 0.2) is 0 Å². The van der Waals surface area contributed by atoms with Gasteiger partial charge in [-0.2, -0.15) is 0 Å². The van der Waals surface area contributed by atoms with Crippen molar-refractivity contribution in [3.05, 3.63) is 0 Å². The molecule has 0 aromatic heterocycles. The minimum absolute atomic E-state index is 0.864. The van der Waals surface area contributed by atoms with Gasteiger partial charge in [-0.3, -0.25) is 0 Å². The lowest BCUT2D eigenvalue weighted by molar-refractivity contribution is 0.906. The zero-order valence-corrected chi connectivity index (χ0v) is 14.1. The molecule has 1 unspecified atom stereocenters. The minimum atomic E-state index is -1.04. The van der Waals surface area contributed by atoms with Crippen LogP contribution in [0.3, 0.4) is 0 Å². The van der Waals surface area contributed by atoms with Crippen molar-refractivity contribution in [3.8, 4) is 0 Å². The lowest BCUT2D eigenvalue weighted by Crippen LogP contribution is -2.48. The molecule has 0 aliphatic carbocycles. The summed E-state index contributed by atoms with van der Waals surface area (Å²) in [6.45, 7) is 19.8. The zero-order valence-electron chi connectivity index (χ0n) is 11.2. The van der Waals surface area contributed by atoms with Crippen LogP contribution in [0.5, 0.6) is 0 Å². The SMILES string of the molecule is CCC(C)P=C([Si](C)(C)C)[Si](C)(C)C. The first-order valence-corrected chi connectivity index (χ1v) is 13.6. The first-order valence-electron chi connectivity index (χ1n) is 5.67. The van der Waals surface area contributed by atoms with Crippen LogP contribution in [0.4, 0.5) is 0 Å². The first kappa shape index (κ1) is 14.6. The predicted octanol–water partition coefficient (Wildman–Crippen LogP) is 4.66. The van der Waals surface area contributed by atoms with Crippen LogP contribution in [0, 0.1) is 0 Å². The normalized spacial score (nSPS) is 15.7. The Labute approximate surface area is 94.3 Å². The van der Waals surface area contributed by atoms with Gasteiger partial charge in [-0.25, -0.2) is 0 Å². The fourth-order valence-electron chi connectivity index (χ4n) is 1.82. The molecule has 84 valence electrons. The van der Waals surface area contributed by atoms with Gasteiger partial charge in [-0.1, -0.05) is 57.7 Å². The van der Waals surface area contributed by atoms with Crippen LogP contribution in [0.25, 0.3) is 0 Å². The van der Waals surface area contributed by atoms with Crippen LogP contribution in [0.2, 0.25) is 39.3 Å². The minimum Gasteiger partial charge on any atom is -0.111 e. The van der Waals surface area contributed by atoms with E-state index in [1.54, 1.807) is 8.20 Å². The van der Waals surface area contributed by atoms with E-state index in [4.69, 9.17) is 0 Å². The maximum Gasteiger partial charge on any atom is 0.0731 e. The van der Waals surface area contributed by atoms with Gasteiger partial charge < -0.3 is 0 Å². The van der Waals surface area contributed by atoms with Crippen LogP contribution in [0.1, 0.15) is 20.3 Å². The quantitative estimate of drug-likeness (QED) is 0.500. The van der Waals surface area contributed by atoms with E-state index in [2.05, 4.69) is 53.1 Å². The van der Waals surface area contributed by atoms with E-state index in [9.17, 15) is 0 Å². The summed E-state index contributed by atoms with van der Waals surface area (Å²) in [6.07, 6.45) is 1.32. The molecule has 0 spiro atoms. The molecule has 14 heavy (non-hydrogen) atoms. The highest BCUT2D eigenvalue weighted by molar-refractivity contribution is 7.63. The molecule has 1 atom stereocenters. The second kappa shape index (κ2) is 5.09. The maximum atomic E-state index is 2.51. The van der Waals surface area contributed by atoms with E-state index in [0.29, 0.717) is 0 Å². The van der Waals surface area contributed by atoms with Crippen molar-refractivity contribution < 1.29 is 0 Å².